The molecular weight excluding hydrogens is 340 g/mol. The van der Waals surface area contributed by atoms with Crippen molar-refractivity contribution in [2.24, 2.45) is 5.10 Å². The molecule has 0 bridgehead atoms. The van der Waals surface area contributed by atoms with E-state index in [1.54, 1.807) is 13.3 Å². The number of hydrazone groups is 1. The van der Waals surface area contributed by atoms with Gasteiger partial charge in [-0.1, -0.05) is 56.5 Å². The Labute approximate surface area is 161 Å². The van der Waals surface area contributed by atoms with Gasteiger partial charge < -0.3 is 9.47 Å². The first-order chi connectivity index (χ1) is 13.2. The molecule has 0 unspecified atom stereocenters. The van der Waals surface area contributed by atoms with Crippen LogP contribution in [-0.4, -0.2) is 19.2 Å². The Morgan fingerprint density at radius 3 is 2.63 bits per heavy atom. The molecule has 0 heterocycles. The minimum absolute atomic E-state index is 0.0582. The fourth-order valence-electron chi connectivity index (χ4n) is 2.57. The fourth-order valence-corrected chi connectivity index (χ4v) is 2.57. The van der Waals surface area contributed by atoms with Crippen molar-refractivity contribution in [3.8, 4) is 11.5 Å². The molecule has 0 saturated carbocycles. The molecule has 0 aromatic heterocycles. The molecule has 2 rings (SSSR count). The van der Waals surface area contributed by atoms with Crippen molar-refractivity contribution in [1.82, 2.24) is 5.43 Å². The number of hydrogen-bond acceptors (Lipinski definition) is 4. The minimum Gasteiger partial charge on any atom is -0.493 e. The van der Waals surface area contributed by atoms with Crippen LogP contribution in [-0.2, 0) is 11.4 Å². The van der Waals surface area contributed by atoms with Gasteiger partial charge in [-0.3, -0.25) is 4.79 Å². The second kappa shape index (κ2) is 11.7. The first-order valence-corrected chi connectivity index (χ1v) is 9.39. The van der Waals surface area contributed by atoms with Gasteiger partial charge >= 0.3 is 0 Å². The highest BCUT2D eigenvalue weighted by Gasteiger charge is 2.06. The van der Waals surface area contributed by atoms with Gasteiger partial charge in [-0.05, 0) is 35.7 Å². The van der Waals surface area contributed by atoms with E-state index in [1.165, 1.54) is 0 Å². The van der Waals surface area contributed by atoms with Gasteiger partial charge in [-0.15, -0.1) is 0 Å². The Hall–Kier alpha value is -2.82. The average molecular weight is 368 g/mol. The third-order valence-electron chi connectivity index (χ3n) is 4.09. The molecule has 2 aromatic rings. The van der Waals surface area contributed by atoms with Crippen molar-refractivity contribution < 1.29 is 14.3 Å². The van der Waals surface area contributed by atoms with Crippen molar-refractivity contribution in [3.63, 3.8) is 0 Å². The molecule has 5 nitrogen and oxygen atoms in total. The lowest BCUT2D eigenvalue weighted by atomic mass is 10.1. The maximum absolute atomic E-state index is 11.7. The summed E-state index contributed by atoms with van der Waals surface area (Å²) < 4.78 is 11.2. The molecule has 0 atom stereocenters. The topological polar surface area (TPSA) is 59.9 Å². The fraction of sp³-hybridized carbons (Fsp3) is 0.364. The molecular formula is C22H28N2O3. The summed E-state index contributed by atoms with van der Waals surface area (Å²) in [7, 11) is 1.60. The predicted molar refractivity (Wildman–Crippen MR) is 108 cm³/mol. The van der Waals surface area contributed by atoms with Gasteiger partial charge in [-0.25, -0.2) is 5.43 Å². The second-order valence-corrected chi connectivity index (χ2v) is 6.29. The molecule has 0 aliphatic heterocycles. The molecule has 2 aromatic carbocycles. The van der Waals surface area contributed by atoms with E-state index in [9.17, 15) is 4.79 Å². The normalized spacial score (nSPS) is 10.7. The Kier molecular flexibility index (Phi) is 8.90. The molecule has 27 heavy (non-hydrogen) atoms. The van der Waals surface area contributed by atoms with E-state index in [0.29, 0.717) is 24.5 Å². The smallest absolute Gasteiger partial charge is 0.240 e. The van der Waals surface area contributed by atoms with Gasteiger partial charge in [0.05, 0.1) is 13.3 Å². The Balaban J connectivity index is 1.86. The lowest BCUT2D eigenvalue weighted by Crippen LogP contribution is -2.16. The zero-order valence-electron chi connectivity index (χ0n) is 16.1. The van der Waals surface area contributed by atoms with Crippen LogP contribution >= 0.6 is 0 Å². The Bertz CT molecular complexity index is 730. The summed E-state index contributed by atoms with van der Waals surface area (Å²) in [6.45, 7) is 2.62. The number of unbranched alkanes of at least 4 members (excludes halogenated alkanes) is 3. The summed E-state index contributed by atoms with van der Waals surface area (Å²) in [5, 5.41) is 4.02. The number of nitrogens with one attached hydrogen (secondary N) is 1. The van der Waals surface area contributed by atoms with Crippen LogP contribution in [0.5, 0.6) is 11.5 Å². The monoisotopic (exact) mass is 368 g/mol. The number of ether oxygens (including phenoxy) is 2. The number of carbonyl (C=O) groups excluding carboxylic acids is 1. The van der Waals surface area contributed by atoms with Crippen LogP contribution in [0, 0.1) is 0 Å². The summed E-state index contributed by atoms with van der Waals surface area (Å²) in [6, 6.07) is 15.5. The highest BCUT2D eigenvalue weighted by atomic mass is 16.5. The summed E-state index contributed by atoms with van der Waals surface area (Å²) in [6.07, 6.45) is 6.41. The number of amides is 1. The van der Waals surface area contributed by atoms with Crippen molar-refractivity contribution in [1.29, 1.82) is 0 Å². The maximum atomic E-state index is 11.7. The van der Waals surface area contributed by atoms with Crippen LogP contribution in [0.3, 0.4) is 0 Å². The standard InChI is InChI=1S/C22H28N2O3/c1-3-4-5-9-12-22(25)24-23-16-19-13-14-20(21(15-19)26-2)27-17-18-10-7-6-8-11-18/h6-8,10-11,13-16H,3-5,9,12,17H2,1-2H3,(H,24,25)/b23-16+. The molecule has 0 aliphatic rings. The van der Waals surface area contributed by atoms with Crippen molar-refractivity contribution in [2.75, 3.05) is 7.11 Å². The zero-order chi connectivity index (χ0) is 19.3. The van der Waals surface area contributed by atoms with Crippen molar-refractivity contribution in [2.45, 2.75) is 45.6 Å². The largest absolute Gasteiger partial charge is 0.493 e. The lowest BCUT2D eigenvalue weighted by molar-refractivity contribution is -0.121. The summed E-state index contributed by atoms with van der Waals surface area (Å²) in [5.41, 5.74) is 4.48. The van der Waals surface area contributed by atoms with Crippen LogP contribution in [0.2, 0.25) is 0 Å². The number of rotatable bonds is 11. The van der Waals surface area contributed by atoms with Gasteiger partial charge in [0.1, 0.15) is 6.61 Å². The van der Waals surface area contributed by atoms with Crippen molar-refractivity contribution in [3.05, 3.63) is 59.7 Å². The molecule has 0 spiro atoms. The van der Waals surface area contributed by atoms with E-state index in [4.69, 9.17) is 9.47 Å². The van der Waals surface area contributed by atoms with E-state index in [2.05, 4.69) is 17.5 Å². The second-order valence-electron chi connectivity index (χ2n) is 6.29. The number of hydrogen-bond donors (Lipinski definition) is 1. The average Bonchev–Trinajstić information content (AvgIpc) is 2.71. The van der Waals surface area contributed by atoms with E-state index < -0.39 is 0 Å². The Morgan fingerprint density at radius 1 is 1.07 bits per heavy atom. The summed E-state index contributed by atoms with van der Waals surface area (Å²) in [5.74, 6) is 1.23. The van der Waals surface area contributed by atoms with E-state index in [1.807, 2.05) is 48.5 Å². The minimum atomic E-state index is -0.0582. The van der Waals surface area contributed by atoms with E-state index >= 15 is 0 Å². The lowest BCUT2D eigenvalue weighted by Gasteiger charge is -2.11. The van der Waals surface area contributed by atoms with Crippen LogP contribution in [0.4, 0.5) is 0 Å². The summed E-state index contributed by atoms with van der Waals surface area (Å²) in [4.78, 5) is 11.7. The number of benzene rings is 2. The molecule has 0 fully saturated rings. The highest BCUT2D eigenvalue weighted by Crippen LogP contribution is 2.28. The van der Waals surface area contributed by atoms with E-state index in [0.717, 1.165) is 36.8 Å². The van der Waals surface area contributed by atoms with Gasteiger partial charge in [0.2, 0.25) is 5.91 Å². The molecule has 144 valence electrons. The van der Waals surface area contributed by atoms with Gasteiger partial charge in [0.15, 0.2) is 11.5 Å². The van der Waals surface area contributed by atoms with Crippen molar-refractivity contribution >= 4 is 12.1 Å². The van der Waals surface area contributed by atoms with E-state index in [-0.39, 0.29) is 5.91 Å². The van der Waals surface area contributed by atoms with Crippen LogP contribution in [0.15, 0.2) is 53.6 Å². The van der Waals surface area contributed by atoms with Gasteiger partial charge in [0, 0.05) is 6.42 Å². The molecule has 0 aliphatic carbocycles. The number of nitrogens with zero attached hydrogens (tertiary/aromatic N) is 1. The van der Waals surface area contributed by atoms with Gasteiger partial charge in [-0.2, -0.15) is 5.10 Å². The first-order valence-electron chi connectivity index (χ1n) is 9.39. The number of methoxy groups -OCH3 is 1. The van der Waals surface area contributed by atoms with Crippen LogP contribution in [0.1, 0.15) is 50.2 Å². The third kappa shape index (κ3) is 7.52. The SMILES string of the molecule is CCCCCCC(=O)N/N=C/c1ccc(OCc2ccccc2)c(OC)c1. The molecule has 1 N–H and O–H groups in total. The quantitative estimate of drug-likeness (QED) is 0.355. The predicted octanol–water partition coefficient (Wildman–Crippen LogP) is 4.69. The highest BCUT2D eigenvalue weighted by molar-refractivity contribution is 5.83. The molecule has 0 saturated heterocycles. The number of carbonyl (C=O) groups is 1. The van der Waals surface area contributed by atoms with Crippen LogP contribution in [0.25, 0.3) is 0 Å². The van der Waals surface area contributed by atoms with Crippen LogP contribution < -0.4 is 14.9 Å². The maximum Gasteiger partial charge on any atom is 0.240 e. The first kappa shape index (κ1) is 20.5. The zero-order valence-corrected chi connectivity index (χ0v) is 16.1. The molecule has 1 amide bonds. The molecule has 0 radical (unpaired) electrons. The molecule has 5 heteroatoms. The Morgan fingerprint density at radius 2 is 1.89 bits per heavy atom. The summed E-state index contributed by atoms with van der Waals surface area (Å²) >= 11 is 0. The van der Waals surface area contributed by atoms with Gasteiger partial charge in [0.25, 0.3) is 0 Å². The third-order valence-corrected chi connectivity index (χ3v) is 4.09.